The van der Waals surface area contributed by atoms with E-state index < -0.39 is 0 Å². The van der Waals surface area contributed by atoms with E-state index in [0.717, 1.165) is 25.9 Å². The second-order valence-corrected chi connectivity index (χ2v) is 6.33. The molecule has 0 bridgehead atoms. The molecule has 0 saturated carbocycles. The number of hydrogen-bond donors (Lipinski definition) is 0. The maximum atomic E-state index is 4.07. The van der Waals surface area contributed by atoms with E-state index in [0.29, 0.717) is 0 Å². The number of unbranched alkanes of at least 4 members (excludes halogenated alkanes) is 2. The molecule has 3 rings (SSSR count). The Hall–Kier alpha value is -2.36. The van der Waals surface area contributed by atoms with Crippen LogP contribution in [-0.4, -0.2) is 19.1 Å². The van der Waals surface area contributed by atoms with Gasteiger partial charge in [-0.05, 0) is 49.7 Å². The number of hydrogen-bond acceptors (Lipinski definition) is 2. The van der Waals surface area contributed by atoms with Crippen LogP contribution in [0.25, 0.3) is 0 Å². The molecule has 0 radical (unpaired) electrons. The summed E-state index contributed by atoms with van der Waals surface area (Å²) in [6.07, 6.45) is 18.7. The second kappa shape index (κ2) is 9.06. The summed E-state index contributed by atoms with van der Waals surface area (Å²) in [5.41, 5.74) is 2.89. The van der Waals surface area contributed by atoms with Gasteiger partial charge in [0.2, 0.25) is 0 Å². The molecule has 0 amide bonds. The first-order valence-electron chi connectivity index (χ1n) is 8.89. The predicted octanol–water partition coefficient (Wildman–Crippen LogP) is 4.13. The van der Waals surface area contributed by atoms with Gasteiger partial charge < -0.3 is 9.13 Å². The zero-order valence-corrected chi connectivity index (χ0v) is 14.2. The van der Waals surface area contributed by atoms with Crippen molar-refractivity contribution in [2.45, 2.75) is 51.6 Å². The molecule has 24 heavy (non-hydrogen) atoms. The summed E-state index contributed by atoms with van der Waals surface area (Å²) >= 11 is 0. The van der Waals surface area contributed by atoms with Gasteiger partial charge >= 0.3 is 0 Å². The van der Waals surface area contributed by atoms with Crippen LogP contribution in [-0.2, 0) is 25.9 Å². The summed E-state index contributed by atoms with van der Waals surface area (Å²) in [6, 6.07) is 9.18. The van der Waals surface area contributed by atoms with Gasteiger partial charge in [-0.15, -0.1) is 0 Å². The van der Waals surface area contributed by atoms with E-state index in [4.69, 9.17) is 0 Å². The Morgan fingerprint density at radius 2 is 1.08 bits per heavy atom. The number of rotatable bonds is 10. The molecule has 0 saturated heterocycles. The van der Waals surface area contributed by atoms with Gasteiger partial charge in [0.05, 0.1) is 12.7 Å². The zero-order chi connectivity index (χ0) is 16.5. The largest absolute Gasteiger partial charge is 0.337 e. The number of aromatic nitrogens is 4. The molecular formula is C20H26N4. The van der Waals surface area contributed by atoms with Crippen molar-refractivity contribution in [1.82, 2.24) is 19.1 Å². The first-order chi connectivity index (χ1) is 11.9. The predicted molar refractivity (Wildman–Crippen MR) is 96.8 cm³/mol. The Morgan fingerprint density at radius 3 is 1.46 bits per heavy atom. The van der Waals surface area contributed by atoms with E-state index in [1.54, 1.807) is 0 Å². The molecule has 4 heteroatoms. The number of benzene rings is 1. The molecule has 0 aliphatic carbocycles. The molecule has 4 nitrogen and oxygen atoms in total. The lowest BCUT2D eigenvalue weighted by Gasteiger charge is -2.06. The Morgan fingerprint density at radius 1 is 0.625 bits per heavy atom. The highest BCUT2D eigenvalue weighted by Crippen LogP contribution is 2.11. The molecule has 0 unspecified atom stereocenters. The molecule has 0 fully saturated rings. The van der Waals surface area contributed by atoms with Crippen molar-refractivity contribution >= 4 is 0 Å². The van der Waals surface area contributed by atoms with E-state index in [-0.39, 0.29) is 0 Å². The average molecular weight is 322 g/mol. The van der Waals surface area contributed by atoms with Crippen LogP contribution in [0.1, 0.15) is 36.8 Å². The summed E-state index contributed by atoms with van der Waals surface area (Å²) in [5.74, 6) is 0. The summed E-state index contributed by atoms with van der Waals surface area (Å²) in [5, 5.41) is 0. The van der Waals surface area contributed by atoms with Crippen molar-refractivity contribution in [3.8, 4) is 0 Å². The van der Waals surface area contributed by atoms with Gasteiger partial charge in [-0.1, -0.05) is 24.3 Å². The number of aryl methyl sites for hydroxylation is 4. The van der Waals surface area contributed by atoms with Crippen LogP contribution in [0, 0.1) is 0 Å². The Labute approximate surface area is 144 Å². The SMILES string of the molecule is c1cn(CCCCc2ccc(CCCCn3ccnc3)cc2)cn1. The fourth-order valence-corrected chi connectivity index (χ4v) is 2.96. The van der Waals surface area contributed by atoms with Crippen molar-refractivity contribution in [3.05, 3.63) is 72.8 Å². The van der Waals surface area contributed by atoms with Crippen LogP contribution in [0.3, 0.4) is 0 Å². The summed E-state index contributed by atoms with van der Waals surface area (Å²) < 4.78 is 4.29. The smallest absolute Gasteiger partial charge is 0.0945 e. The molecule has 0 N–H and O–H groups in total. The van der Waals surface area contributed by atoms with Crippen molar-refractivity contribution in [1.29, 1.82) is 0 Å². The lowest BCUT2D eigenvalue weighted by atomic mass is 10.0. The monoisotopic (exact) mass is 322 g/mol. The van der Waals surface area contributed by atoms with Crippen molar-refractivity contribution in [3.63, 3.8) is 0 Å². The summed E-state index contributed by atoms with van der Waals surface area (Å²) in [4.78, 5) is 8.14. The van der Waals surface area contributed by atoms with Crippen LogP contribution < -0.4 is 0 Å². The molecule has 0 spiro atoms. The third kappa shape index (κ3) is 5.37. The van der Waals surface area contributed by atoms with Crippen molar-refractivity contribution in [2.24, 2.45) is 0 Å². The first kappa shape index (κ1) is 16.5. The Kier molecular flexibility index (Phi) is 6.23. The highest BCUT2D eigenvalue weighted by Gasteiger charge is 1.98. The molecule has 3 aromatic rings. The molecule has 0 atom stereocenters. The van der Waals surface area contributed by atoms with Gasteiger partial charge in [0.15, 0.2) is 0 Å². The highest BCUT2D eigenvalue weighted by atomic mass is 15.0. The zero-order valence-electron chi connectivity index (χ0n) is 14.2. The van der Waals surface area contributed by atoms with E-state index in [9.17, 15) is 0 Å². The standard InChI is InChI=1S/C20H26N4/c1(3-13-23-15-11-21-17-23)5-19-7-9-20(10-8-19)6-2-4-14-24-16-12-22-18-24/h7-12,15-18H,1-6,13-14H2. The molecule has 1 aromatic carbocycles. The maximum Gasteiger partial charge on any atom is 0.0945 e. The molecule has 0 aliphatic heterocycles. The van der Waals surface area contributed by atoms with Crippen LogP contribution in [0.2, 0.25) is 0 Å². The maximum absolute atomic E-state index is 4.07. The van der Waals surface area contributed by atoms with Gasteiger partial charge in [0.25, 0.3) is 0 Å². The number of imidazole rings is 2. The fourth-order valence-electron chi connectivity index (χ4n) is 2.96. The molecular weight excluding hydrogens is 296 g/mol. The Balaban J connectivity index is 1.31. The molecule has 2 aromatic heterocycles. The number of nitrogens with zero attached hydrogens (tertiary/aromatic N) is 4. The minimum absolute atomic E-state index is 1.06. The van der Waals surface area contributed by atoms with Gasteiger partial charge in [0.1, 0.15) is 0 Å². The average Bonchev–Trinajstić information content (AvgIpc) is 3.30. The second-order valence-electron chi connectivity index (χ2n) is 6.33. The normalized spacial score (nSPS) is 11.0. The van der Waals surface area contributed by atoms with Crippen LogP contribution >= 0.6 is 0 Å². The molecule has 2 heterocycles. The van der Waals surface area contributed by atoms with E-state index in [2.05, 4.69) is 43.4 Å². The lowest BCUT2D eigenvalue weighted by molar-refractivity contribution is 0.607. The third-order valence-electron chi connectivity index (χ3n) is 4.40. The van der Waals surface area contributed by atoms with Crippen molar-refractivity contribution in [2.75, 3.05) is 0 Å². The summed E-state index contributed by atoms with van der Waals surface area (Å²) in [7, 11) is 0. The minimum Gasteiger partial charge on any atom is -0.337 e. The fraction of sp³-hybridized carbons (Fsp3) is 0.400. The van der Waals surface area contributed by atoms with E-state index in [1.807, 2.05) is 37.4 Å². The highest BCUT2D eigenvalue weighted by molar-refractivity contribution is 5.22. The van der Waals surface area contributed by atoms with Gasteiger partial charge in [-0.3, -0.25) is 0 Å². The van der Waals surface area contributed by atoms with Gasteiger partial charge in [-0.2, -0.15) is 0 Å². The molecule has 0 aliphatic rings. The summed E-state index contributed by atoms with van der Waals surface area (Å²) in [6.45, 7) is 2.13. The third-order valence-corrected chi connectivity index (χ3v) is 4.40. The minimum atomic E-state index is 1.06. The van der Waals surface area contributed by atoms with Crippen molar-refractivity contribution < 1.29 is 0 Å². The molecule has 126 valence electrons. The quantitative estimate of drug-likeness (QED) is 0.526. The van der Waals surface area contributed by atoms with E-state index in [1.165, 1.54) is 36.8 Å². The van der Waals surface area contributed by atoms with Crippen LogP contribution in [0.5, 0.6) is 0 Å². The lowest BCUT2D eigenvalue weighted by Crippen LogP contribution is -1.96. The van der Waals surface area contributed by atoms with Crippen LogP contribution in [0.15, 0.2) is 61.7 Å². The topological polar surface area (TPSA) is 35.6 Å². The first-order valence-corrected chi connectivity index (χ1v) is 8.89. The van der Waals surface area contributed by atoms with Gasteiger partial charge in [-0.25, -0.2) is 9.97 Å². The van der Waals surface area contributed by atoms with E-state index >= 15 is 0 Å². The Bertz CT molecular complexity index is 608. The van der Waals surface area contributed by atoms with Crippen LogP contribution in [0.4, 0.5) is 0 Å². The van der Waals surface area contributed by atoms with Gasteiger partial charge in [0, 0.05) is 37.9 Å².